The van der Waals surface area contributed by atoms with Crippen LogP contribution in [-0.2, 0) is 9.84 Å². The minimum atomic E-state index is -3.40. The van der Waals surface area contributed by atoms with Gasteiger partial charge in [0.25, 0.3) is 5.91 Å². The minimum absolute atomic E-state index is 0.122. The van der Waals surface area contributed by atoms with E-state index >= 15 is 0 Å². The zero-order valence-corrected chi connectivity index (χ0v) is 17.5. The third-order valence-corrected chi connectivity index (χ3v) is 6.20. The maximum atomic E-state index is 13.0. The molecule has 148 valence electrons. The second kappa shape index (κ2) is 8.32. The Balaban J connectivity index is 1.94. The summed E-state index contributed by atoms with van der Waals surface area (Å²) in [5, 5.41) is 11.4. The number of aromatic nitrogens is 3. The first-order chi connectivity index (χ1) is 13.3. The van der Waals surface area contributed by atoms with Crippen molar-refractivity contribution in [3.8, 4) is 0 Å². The molecule has 2 heterocycles. The van der Waals surface area contributed by atoms with E-state index in [9.17, 15) is 13.2 Å². The van der Waals surface area contributed by atoms with Crippen molar-refractivity contribution in [2.24, 2.45) is 0 Å². The number of thioether (sulfide) groups is 1. The standard InChI is InChI=1S/C19H22N4O3S2/c1-13-7-8-14(28(3,25)26)12-15(13)19(24)20-16(9-11-27-2)18-22-21-17-6-4-5-10-23(17)18/h4-8,10,12,16H,9,11H2,1-3H3,(H,20,24). The van der Waals surface area contributed by atoms with E-state index in [1.54, 1.807) is 24.8 Å². The number of rotatable bonds is 7. The van der Waals surface area contributed by atoms with E-state index in [0.717, 1.165) is 12.0 Å². The topological polar surface area (TPSA) is 93.4 Å². The average molecular weight is 419 g/mol. The molecule has 0 radical (unpaired) electrons. The van der Waals surface area contributed by atoms with Crippen LogP contribution in [0, 0.1) is 6.92 Å². The molecule has 1 N–H and O–H groups in total. The number of carbonyl (C=O) groups is 1. The van der Waals surface area contributed by atoms with Crippen molar-refractivity contribution in [3.63, 3.8) is 0 Å². The van der Waals surface area contributed by atoms with Crippen LogP contribution in [-0.4, -0.2) is 47.2 Å². The average Bonchev–Trinajstić information content (AvgIpc) is 3.08. The summed E-state index contributed by atoms with van der Waals surface area (Å²) in [6.07, 6.45) is 5.66. The quantitative estimate of drug-likeness (QED) is 0.634. The van der Waals surface area contributed by atoms with Crippen LogP contribution in [0.25, 0.3) is 5.65 Å². The lowest BCUT2D eigenvalue weighted by Gasteiger charge is -2.18. The zero-order chi connectivity index (χ0) is 20.3. The van der Waals surface area contributed by atoms with Crippen LogP contribution in [0.5, 0.6) is 0 Å². The molecule has 1 unspecified atom stereocenters. The monoisotopic (exact) mass is 418 g/mol. The first-order valence-corrected chi connectivity index (χ1v) is 12.0. The molecular formula is C19H22N4O3S2. The van der Waals surface area contributed by atoms with Gasteiger partial charge in [-0.05, 0) is 55.2 Å². The van der Waals surface area contributed by atoms with E-state index in [2.05, 4.69) is 15.5 Å². The Bertz CT molecular complexity index is 1110. The molecular weight excluding hydrogens is 396 g/mol. The second-order valence-corrected chi connectivity index (χ2v) is 9.54. The highest BCUT2D eigenvalue weighted by atomic mass is 32.2. The molecule has 0 saturated heterocycles. The van der Waals surface area contributed by atoms with Gasteiger partial charge >= 0.3 is 0 Å². The van der Waals surface area contributed by atoms with E-state index in [-0.39, 0.29) is 16.8 Å². The van der Waals surface area contributed by atoms with Gasteiger partial charge < -0.3 is 5.32 Å². The lowest BCUT2D eigenvalue weighted by molar-refractivity contribution is 0.0933. The summed E-state index contributed by atoms with van der Waals surface area (Å²) in [7, 11) is -3.40. The van der Waals surface area contributed by atoms with Crippen molar-refractivity contribution in [2.75, 3.05) is 18.3 Å². The molecule has 0 fully saturated rings. The number of amides is 1. The highest BCUT2D eigenvalue weighted by molar-refractivity contribution is 7.98. The largest absolute Gasteiger partial charge is 0.342 e. The molecule has 0 aliphatic rings. The van der Waals surface area contributed by atoms with E-state index < -0.39 is 9.84 Å². The number of sulfone groups is 1. The molecule has 0 aliphatic carbocycles. The highest BCUT2D eigenvalue weighted by Crippen LogP contribution is 2.21. The number of benzene rings is 1. The van der Waals surface area contributed by atoms with Gasteiger partial charge in [0.05, 0.1) is 10.9 Å². The summed E-state index contributed by atoms with van der Waals surface area (Å²) in [5.41, 5.74) is 1.75. The number of carbonyl (C=O) groups excluding carboxylic acids is 1. The Morgan fingerprint density at radius 3 is 2.75 bits per heavy atom. The number of aryl methyl sites for hydroxylation is 1. The molecule has 0 saturated carbocycles. The third-order valence-electron chi connectivity index (χ3n) is 4.45. The molecule has 1 amide bonds. The van der Waals surface area contributed by atoms with Gasteiger partial charge in [-0.25, -0.2) is 8.42 Å². The van der Waals surface area contributed by atoms with Crippen LogP contribution in [0.3, 0.4) is 0 Å². The second-order valence-electron chi connectivity index (χ2n) is 6.54. The van der Waals surface area contributed by atoms with Crippen LogP contribution in [0.4, 0.5) is 0 Å². The van der Waals surface area contributed by atoms with Crippen molar-refractivity contribution in [1.82, 2.24) is 19.9 Å². The van der Waals surface area contributed by atoms with Gasteiger partial charge in [0.15, 0.2) is 21.3 Å². The molecule has 0 spiro atoms. The number of pyridine rings is 1. The van der Waals surface area contributed by atoms with Crippen LogP contribution in [0.2, 0.25) is 0 Å². The fourth-order valence-corrected chi connectivity index (χ4v) is 4.03. The van der Waals surface area contributed by atoms with Crippen molar-refractivity contribution in [1.29, 1.82) is 0 Å². The Morgan fingerprint density at radius 2 is 2.04 bits per heavy atom. The SMILES string of the molecule is CSCCC(NC(=O)c1cc(S(C)(=O)=O)ccc1C)c1nnc2ccccn12. The normalized spacial score (nSPS) is 12.8. The molecule has 0 aliphatic heterocycles. The first kappa shape index (κ1) is 20.3. The van der Waals surface area contributed by atoms with Gasteiger partial charge in [-0.2, -0.15) is 11.8 Å². The summed E-state index contributed by atoms with van der Waals surface area (Å²) in [5.74, 6) is 1.14. The van der Waals surface area contributed by atoms with Gasteiger partial charge in [0, 0.05) is 18.0 Å². The fourth-order valence-electron chi connectivity index (χ4n) is 2.91. The van der Waals surface area contributed by atoms with Crippen molar-refractivity contribution < 1.29 is 13.2 Å². The molecule has 1 aromatic carbocycles. The summed E-state index contributed by atoms with van der Waals surface area (Å²) >= 11 is 1.68. The fraction of sp³-hybridized carbons (Fsp3) is 0.316. The Morgan fingerprint density at radius 1 is 1.25 bits per heavy atom. The molecule has 7 nitrogen and oxygen atoms in total. The Kier molecular flexibility index (Phi) is 6.04. The smallest absolute Gasteiger partial charge is 0.252 e. The van der Waals surface area contributed by atoms with Crippen molar-refractivity contribution in [3.05, 3.63) is 59.5 Å². The van der Waals surface area contributed by atoms with Crippen LogP contribution >= 0.6 is 11.8 Å². The highest BCUT2D eigenvalue weighted by Gasteiger charge is 2.22. The Labute approximate surface area is 168 Å². The molecule has 3 rings (SSSR count). The van der Waals surface area contributed by atoms with Crippen LogP contribution < -0.4 is 5.32 Å². The number of fused-ring (bicyclic) bond motifs is 1. The number of hydrogen-bond donors (Lipinski definition) is 1. The summed E-state index contributed by atoms with van der Waals surface area (Å²) in [6.45, 7) is 1.78. The van der Waals surface area contributed by atoms with E-state index in [4.69, 9.17) is 0 Å². The zero-order valence-electron chi connectivity index (χ0n) is 15.9. The Hall–Kier alpha value is -2.39. The molecule has 3 aromatic rings. The summed E-state index contributed by atoms with van der Waals surface area (Å²) in [4.78, 5) is 13.1. The molecule has 2 aromatic heterocycles. The van der Waals surface area contributed by atoms with Gasteiger partial charge in [0.1, 0.15) is 0 Å². The first-order valence-electron chi connectivity index (χ1n) is 8.71. The minimum Gasteiger partial charge on any atom is -0.342 e. The maximum Gasteiger partial charge on any atom is 0.252 e. The maximum absolute atomic E-state index is 13.0. The third kappa shape index (κ3) is 4.36. The molecule has 0 bridgehead atoms. The van der Waals surface area contributed by atoms with E-state index in [1.165, 1.54) is 12.1 Å². The van der Waals surface area contributed by atoms with Crippen LogP contribution in [0.15, 0.2) is 47.5 Å². The van der Waals surface area contributed by atoms with E-state index in [0.29, 0.717) is 29.0 Å². The lowest BCUT2D eigenvalue weighted by Crippen LogP contribution is -2.31. The van der Waals surface area contributed by atoms with Gasteiger partial charge in [0.2, 0.25) is 0 Å². The predicted octanol–water partition coefficient (Wildman–Crippen LogP) is 2.67. The number of nitrogens with one attached hydrogen (secondary N) is 1. The number of hydrogen-bond acceptors (Lipinski definition) is 6. The molecule has 1 atom stereocenters. The van der Waals surface area contributed by atoms with Crippen molar-refractivity contribution in [2.45, 2.75) is 24.3 Å². The molecule has 9 heteroatoms. The van der Waals surface area contributed by atoms with Crippen molar-refractivity contribution >= 4 is 33.2 Å². The van der Waals surface area contributed by atoms with E-state index in [1.807, 2.05) is 35.1 Å². The summed E-state index contributed by atoms with van der Waals surface area (Å²) in [6, 6.07) is 9.85. The van der Waals surface area contributed by atoms with Crippen LogP contribution in [0.1, 0.15) is 34.2 Å². The number of nitrogens with zero attached hydrogens (tertiary/aromatic N) is 3. The van der Waals surface area contributed by atoms with Gasteiger partial charge in [-0.3, -0.25) is 9.20 Å². The summed E-state index contributed by atoms with van der Waals surface area (Å²) < 4.78 is 25.6. The predicted molar refractivity (Wildman–Crippen MR) is 110 cm³/mol. The lowest BCUT2D eigenvalue weighted by atomic mass is 10.1. The van der Waals surface area contributed by atoms with Gasteiger partial charge in [-0.15, -0.1) is 10.2 Å². The molecule has 28 heavy (non-hydrogen) atoms. The van der Waals surface area contributed by atoms with Gasteiger partial charge in [-0.1, -0.05) is 12.1 Å².